The molecule has 0 saturated heterocycles. The molecule has 20 heavy (non-hydrogen) atoms. The van der Waals surface area contributed by atoms with Crippen LogP contribution in [0.4, 0.5) is 5.69 Å². The lowest BCUT2D eigenvalue weighted by Gasteiger charge is -2.00. The number of aliphatic carboxylic acids is 1. The maximum absolute atomic E-state index is 10.1. The third-order valence-electron chi connectivity index (χ3n) is 2.25. The fourth-order valence-corrected chi connectivity index (χ4v) is 1.29. The van der Waals surface area contributed by atoms with Gasteiger partial charge in [0.05, 0.1) is 0 Å². The number of carboxylic acid groups (broad SMARTS) is 1. The Bertz CT molecular complexity index is 538. The van der Waals surface area contributed by atoms with Crippen LogP contribution < -0.4 is 5.32 Å². The number of aromatic hydroxyl groups is 1. The Morgan fingerprint density at radius 2 is 1.65 bits per heavy atom. The molecule has 0 unspecified atom stereocenters. The second-order valence-electron chi connectivity index (χ2n) is 3.82. The van der Waals surface area contributed by atoms with Gasteiger partial charge in [0.1, 0.15) is 18.6 Å². The molecule has 104 valence electrons. The summed E-state index contributed by atoms with van der Waals surface area (Å²) in [4.78, 5) is 20.1. The molecule has 2 aromatic carbocycles. The third-order valence-corrected chi connectivity index (χ3v) is 2.25. The Balaban J connectivity index is 0.000000204. The van der Waals surface area contributed by atoms with E-state index in [2.05, 4.69) is 5.32 Å². The van der Waals surface area contributed by atoms with Crippen LogP contribution in [0, 0.1) is 0 Å². The quantitative estimate of drug-likeness (QED) is 0.744. The van der Waals surface area contributed by atoms with Gasteiger partial charge in [0.15, 0.2) is 0 Å². The first kappa shape index (κ1) is 15.2. The van der Waals surface area contributed by atoms with E-state index in [0.717, 1.165) is 12.0 Å². The van der Waals surface area contributed by atoms with Gasteiger partial charge >= 0.3 is 5.97 Å². The molecular formula is C15H15NO4. The van der Waals surface area contributed by atoms with Gasteiger partial charge in [-0.2, -0.15) is 0 Å². The average Bonchev–Trinajstić information content (AvgIpc) is 2.48. The number of nitrogens with one attached hydrogen (secondary N) is 1. The molecule has 0 aliphatic heterocycles. The van der Waals surface area contributed by atoms with E-state index < -0.39 is 5.97 Å². The van der Waals surface area contributed by atoms with Crippen LogP contribution in [0.2, 0.25) is 0 Å². The number of benzene rings is 2. The number of phenols is 1. The molecule has 0 heterocycles. The van der Waals surface area contributed by atoms with Gasteiger partial charge in [-0.1, -0.05) is 18.2 Å². The average molecular weight is 273 g/mol. The van der Waals surface area contributed by atoms with Crippen molar-refractivity contribution in [1.29, 1.82) is 0 Å². The van der Waals surface area contributed by atoms with E-state index in [9.17, 15) is 9.59 Å². The molecule has 5 nitrogen and oxygen atoms in total. The molecule has 0 bridgehead atoms. The number of carbonyl (C=O) groups is 2. The maximum atomic E-state index is 10.1. The van der Waals surface area contributed by atoms with Crippen molar-refractivity contribution >= 4 is 17.9 Å². The number of rotatable bonds is 4. The molecule has 0 radical (unpaired) electrons. The summed E-state index contributed by atoms with van der Waals surface area (Å²) in [6.07, 6.45) is 0.736. The van der Waals surface area contributed by atoms with Gasteiger partial charge in [-0.3, -0.25) is 9.59 Å². The topological polar surface area (TPSA) is 86.6 Å². The van der Waals surface area contributed by atoms with Crippen molar-refractivity contribution in [3.8, 4) is 5.75 Å². The predicted octanol–water partition coefficient (Wildman–Crippen LogP) is 2.39. The summed E-state index contributed by atoms with van der Waals surface area (Å²) in [5.74, 6) is -0.672. The van der Waals surface area contributed by atoms with Crippen molar-refractivity contribution < 1.29 is 19.8 Å². The SMILES string of the molecule is O=C(O)CNc1ccccc1.O=Cc1ccc(O)cc1. The van der Waals surface area contributed by atoms with Crippen molar-refractivity contribution in [2.75, 3.05) is 11.9 Å². The first-order chi connectivity index (χ1) is 9.61. The third kappa shape index (κ3) is 6.20. The van der Waals surface area contributed by atoms with Crippen molar-refractivity contribution in [3.63, 3.8) is 0 Å². The molecule has 0 aliphatic rings. The summed E-state index contributed by atoms with van der Waals surface area (Å²) < 4.78 is 0. The van der Waals surface area contributed by atoms with Gasteiger partial charge < -0.3 is 15.5 Å². The number of aldehydes is 1. The molecule has 0 amide bonds. The van der Waals surface area contributed by atoms with E-state index in [0.29, 0.717) is 5.56 Å². The van der Waals surface area contributed by atoms with Crippen LogP contribution in [0.5, 0.6) is 5.75 Å². The Labute approximate surface area is 116 Å². The molecule has 0 saturated carbocycles. The summed E-state index contributed by atoms with van der Waals surface area (Å²) in [5.41, 5.74) is 1.41. The van der Waals surface area contributed by atoms with Gasteiger partial charge in [-0.25, -0.2) is 0 Å². The van der Waals surface area contributed by atoms with E-state index in [1.807, 2.05) is 30.3 Å². The van der Waals surface area contributed by atoms with Crippen molar-refractivity contribution in [2.24, 2.45) is 0 Å². The normalized spacial score (nSPS) is 9.00. The number of para-hydroxylation sites is 1. The van der Waals surface area contributed by atoms with Crippen LogP contribution >= 0.6 is 0 Å². The molecule has 2 aromatic rings. The second kappa shape index (κ2) is 8.31. The van der Waals surface area contributed by atoms with E-state index >= 15 is 0 Å². The standard InChI is InChI=1S/C8H9NO2.C7H6O2/c10-8(11)6-9-7-4-2-1-3-5-7;8-5-6-1-3-7(9)4-2-6/h1-5,9H,6H2,(H,10,11);1-5,9H. The van der Waals surface area contributed by atoms with Crippen LogP contribution in [-0.4, -0.2) is 29.0 Å². The number of carbonyl (C=O) groups excluding carboxylic acids is 1. The monoisotopic (exact) mass is 273 g/mol. The molecule has 0 aromatic heterocycles. The van der Waals surface area contributed by atoms with E-state index in [1.54, 1.807) is 12.1 Å². The number of phenolic OH excluding ortho intramolecular Hbond substituents is 1. The Morgan fingerprint density at radius 3 is 2.15 bits per heavy atom. The van der Waals surface area contributed by atoms with E-state index in [1.165, 1.54) is 12.1 Å². The summed E-state index contributed by atoms with van der Waals surface area (Å²) in [5, 5.41) is 19.8. The molecule has 0 atom stereocenters. The minimum absolute atomic E-state index is 0.0377. The van der Waals surface area contributed by atoms with Crippen LogP contribution in [-0.2, 0) is 4.79 Å². The minimum atomic E-state index is -0.853. The summed E-state index contributed by atoms with van der Waals surface area (Å²) in [6, 6.07) is 15.3. The van der Waals surface area contributed by atoms with Gasteiger partial charge in [0.2, 0.25) is 0 Å². The first-order valence-corrected chi connectivity index (χ1v) is 5.86. The fraction of sp³-hybridized carbons (Fsp3) is 0.0667. The zero-order chi connectivity index (χ0) is 14.8. The van der Waals surface area contributed by atoms with Crippen molar-refractivity contribution in [1.82, 2.24) is 0 Å². The number of anilines is 1. The van der Waals surface area contributed by atoms with Crippen LogP contribution in [0.3, 0.4) is 0 Å². The fourth-order valence-electron chi connectivity index (χ4n) is 1.29. The summed E-state index contributed by atoms with van der Waals surface area (Å²) in [6.45, 7) is -0.0377. The number of carboxylic acids is 1. The van der Waals surface area contributed by atoms with Crippen molar-refractivity contribution in [2.45, 2.75) is 0 Å². The largest absolute Gasteiger partial charge is 0.508 e. The molecule has 5 heteroatoms. The first-order valence-electron chi connectivity index (χ1n) is 5.86. The van der Waals surface area contributed by atoms with Crippen LogP contribution in [0.25, 0.3) is 0 Å². The smallest absolute Gasteiger partial charge is 0.322 e. The van der Waals surface area contributed by atoms with Gasteiger partial charge in [0, 0.05) is 11.3 Å². The Morgan fingerprint density at radius 1 is 1.05 bits per heavy atom. The zero-order valence-electron chi connectivity index (χ0n) is 10.7. The summed E-state index contributed by atoms with van der Waals surface area (Å²) in [7, 11) is 0. The Hall–Kier alpha value is -2.82. The molecule has 0 fully saturated rings. The van der Waals surface area contributed by atoms with Gasteiger partial charge in [-0.15, -0.1) is 0 Å². The second-order valence-corrected chi connectivity index (χ2v) is 3.82. The van der Waals surface area contributed by atoms with E-state index in [4.69, 9.17) is 10.2 Å². The highest BCUT2D eigenvalue weighted by Gasteiger charge is 1.94. The molecule has 2 rings (SSSR count). The molecule has 0 aliphatic carbocycles. The predicted molar refractivity (Wildman–Crippen MR) is 76.1 cm³/mol. The molecule has 0 spiro atoms. The van der Waals surface area contributed by atoms with Gasteiger partial charge in [0.25, 0.3) is 0 Å². The lowest BCUT2D eigenvalue weighted by Crippen LogP contribution is -2.11. The molecule has 3 N–H and O–H groups in total. The lowest BCUT2D eigenvalue weighted by atomic mass is 10.2. The lowest BCUT2D eigenvalue weighted by molar-refractivity contribution is -0.134. The highest BCUT2D eigenvalue weighted by Crippen LogP contribution is 2.07. The van der Waals surface area contributed by atoms with Crippen LogP contribution in [0.15, 0.2) is 54.6 Å². The Kier molecular flexibility index (Phi) is 6.33. The van der Waals surface area contributed by atoms with Crippen molar-refractivity contribution in [3.05, 3.63) is 60.2 Å². The van der Waals surface area contributed by atoms with Gasteiger partial charge in [-0.05, 0) is 36.4 Å². The zero-order valence-corrected chi connectivity index (χ0v) is 10.7. The van der Waals surface area contributed by atoms with E-state index in [-0.39, 0.29) is 12.3 Å². The minimum Gasteiger partial charge on any atom is -0.508 e. The molecular weight excluding hydrogens is 258 g/mol. The highest BCUT2D eigenvalue weighted by atomic mass is 16.4. The maximum Gasteiger partial charge on any atom is 0.322 e. The highest BCUT2D eigenvalue weighted by molar-refractivity contribution is 5.74. The number of hydrogen-bond donors (Lipinski definition) is 3. The summed E-state index contributed by atoms with van der Waals surface area (Å²) >= 11 is 0. The number of hydrogen-bond acceptors (Lipinski definition) is 4. The van der Waals surface area contributed by atoms with Crippen LogP contribution in [0.1, 0.15) is 10.4 Å².